The van der Waals surface area contributed by atoms with Gasteiger partial charge in [0.05, 0.1) is 0 Å². The number of carbonyl (C=O) groups is 2. The van der Waals surface area contributed by atoms with Crippen LogP contribution in [0.5, 0.6) is 0 Å². The second kappa shape index (κ2) is 7.13. The van der Waals surface area contributed by atoms with Gasteiger partial charge in [0, 0.05) is 24.1 Å². The van der Waals surface area contributed by atoms with E-state index in [1.54, 1.807) is 19.1 Å². The Labute approximate surface area is 106 Å². The fourth-order valence-electron chi connectivity index (χ4n) is 1.40. The maximum atomic E-state index is 11.5. The van der Waals surface area contributed by atoms with Crippen molar-refractivity contribution in [1.29, 1.82) is 0 Å². The minimum atomic E-state index is -0.884. The van der Waals surface area contributed by atoms with E-state index in [9.17, 15) is 9.59 Å². The van der Waals surface area contributed by atoms with E-state index in [2.05, 4.69) is 17.2 Å². The smallest absolute Gasteiger partial charge is 0.303 e. The Bertz CT molecular complexity index is 480. The fraction of sp³-hybridized carbons (Fsp3) is 0.286. The standard InChI is InChI=1S/C14H15NO3/c1-2-4-11-7-9-12(10-8-11)15-13(16)5-3-6-14(17)18/h7-10H,3,5-6H2,1H3,(H,15,16)(H,17,18). The summed E-state index contributed by atoms with van der Waals surface area (Å²) in [5, 5.41) is 11.2. The van der Waals surface area contributed by atoms with Crippen molar-refractivity contribution < 1.29 is 14.7 Å². The normalized spacial score (nSPS) is 9.17. The molecule has 1 aromatic carbocycles. The molecule has 0 aromatic heterocycles. The van der Waals surface area contributed by atoms with Crippen molar-refractivity contribution in [1.82, 2.24) is 0 Å². The van der Waals surface area contributed by atoms with Gasteiger partial charge >= 0.3 is 5.97 Å². The van der Waals surface area contributed by atoms with E-state index in [0.29, 0.717) is 12.1 Å². The molecule has 0 aliphatic heterocycles. The Morgan fingerprint density at radius 1 is 1.22 bits per heavy atom. The Hall–Kier alpha value is -2.28. The number of nitrogens with one attached hydrogen (secondary N) is 1. The molecule has 0 fully saturated rings. The largest absolute Gasteiger partial charge is 0.481 e. The monoisotopic (exact) mass is 245 g/mol. The lowest BCUT2D eigenvalue weighted by Gasteiger charge is -2.04. The number of hydrogen-bond acceptors (Lipinski definition) is 2. The first kappa shape index (κ1) is 13.8. The van der Waals surface area contributed by atoms with Crippen LogP contribution in [0.2, 0.25) is 0 Å². The van der Waals surface area contributed by atoms with Crippen LogP contribution >= 0.6 is 0 Å². The molecule has 0 spiro atoms. The second-order valence-corrected chi connectivity index (χ2v) is 3.75. The summed E-state index contributed by atoms with van der Waals surface area (Å²) in [5.74, 6) is 4.64. The molecule has 0 atom stereocenters. The lowest BCUT2D eigenvalue weighted by Crippen LogP contribution is -2.11. The molecule has 0 saturated carbocycles. The Balaban J connectivity index is 2.43. The topological polar surface area (TPSA) is 66.4 Å². The molecule has 1 aromatic rings. The highest BCUT2D eigenvalue weighted by atomic mass is 16.4. The van der Waals surface area contributed by atoms with Gasteiger partial charge in [0.25, 0.3) is 0 Å². The summed E-state index contributed by atoms with van der Waals surface area (Å²) in [7, 11) is 0. The molecule has 0 radical (unpaired) electrons. The summed E-state index contributed by atoms with van der Waals surface area (Å²) in [6.07, 6.45) is 0.571. The number of rotatable bonds is 5. The third kappa shape index (κ3) is 5.17. The van der Waals surface area contributed by atoms with Gasteiger partial charge in [0.2, 0.25) is 5.91 Å². The van der Waals surface area contributed by atoms with Gasteiger partial charge in [-0.2, -0.15) is 0 Å². The van der Waals surface area contributed by atoms with E-state index in [0.717, 1.165) is 5.56 Å². The first-order chi connectivity index (χ1) is 8.61. The molecule has 94 valence electrons. The number of hydrogen-bond donors (Lipinski definition) is 2. The van der Waals surface area contributed by atoms with E-state index in [1.807, 2.05) is 12.1 Å². The third-order valence-corrected chi connectivity index (χ3v) is 2.23. The predicted octanol–water partition coefficient (Wildman–Crippen LogP) is 2.25. The minimum Gasteiger partial charge on any atom is -0.481 e. The van der Waals surface area contributed by atoms with Crippen molar-refractivity contribution in [3.63, 3.8) is 0 Å². The molecule has 0 aliphatic carbocycles. The summed E-state index contributed by atoms with van der Waals surface area (Å²) < 4.78 is 0. The number of anilines is 1. The summed E-state index contributed by atoms with van der Waals surface area (Å²) in [6, 6.07) is 7.19. The van der Waals surface area contributed by atoms with Crippen LogP contribution in [-0.4, -0.2) is 17.0 Å². The average molecular weight is 245 g/mol. The average Bonchev–Trinajstić information content (AvgIpc) is 2.31. The fourth-order valence-corrected chi connectivity index (χ4v) is 1.40. The van der Waals surface area contributed by atoms with Crippen molar-refractivity contribution in [2.24, 2.45) is 0 Å². The molecule has 0 saturated heterocycles. The van der Waals surface area contributed by atoms with Crippen molar-refractivity contribution in [3.8, 4) is 11.8 Å². The zero-order valence-corrected chi connectivity index (χ0v) is 10.2. The number of carboxylic acid groups (broad SMARTS) is 1. The van der Waals surface area contributed by atoms with Crippen LogP contribution < -0.4 is 5.32 Å². The number of amides is 1. The highest BCUT2D eigenvalue weighted by Gasteiger charge is 2.04. The predicted molar refractivity (Wildman–Crippen MR) is 69.1 cm³/mol. The number of carbonyl (C=O) groups excluding carboxylic acids is 1. The van der Waals surface area contributed by atoms with E-state index < -0.39 is 5.97 Å². The van der Waals surface area contributed by atoms with Gasteiger partial charge < -0.3 is 10.4 Å². The molecule has 2 N–H and O–H groups in total. The van der Waals surface area contributed by atoms with E-state index in [-0.39, 0.29) is 18.7 Å². The van der Waals surface area contributed by atoms with Crippen LogP contribution in [0.4, 0.5) is 5.69 Å². The highest BCUT2D eigenvalue weighted by molar-refractivity contribution is 5.90. The number of benzene rings is 1. The first-order valence-electron chi connectivity index (χ1n) is 5.66. The highest BCUT2D eigenvalue weighted by Crippen LogP contribution is 2.09. The summed E-state index contributed by atoms with van der Waals surface area (Å²) >= 11 is 0. The van der Waals surface area contributed by atoms with Crippen molar-refractivity contribution in [2.45, 2.75) is 26.2 Å². The first-order valence-corrected chi connectivity index (χ1v) is 5.66. The van der Waals surface area contributed by atoms with E-state index >= 15 is 0 Å². The lowest BCUT2D eigenvalue weighted by molar-refractivity contribution is -0.137. The maximum absolute atomic E-state index is 11.5. The summed E-state index contributed by atoms with van der Waals surface area (Å²) in [4.78, 5) is 21.8. The van der Waals surface area contributed by atoms with Crippen molar-refractivity contribution in [3.05, 3.63) is 29.8 Å². The minimum absolute atomic E-state index is 0.0123. The van der Waals surface area contributed by atoms with Gasteiger partial charge in [-0.05, 0) is 37.6 Å². The van der Waals surface area contributed by atoms with E-state index in [1.165, 1.54) is 0 Å². The Morgan fingerprint density at radius 2 is 1.89 bits per heavy atom. The Kier molecular flexibility index (Phi) is 5.46. The van der Waals surface area contributed by atoms with Crippen LogP contribution in [0.25, 0.3) is 0 Å². The number of carboxylic acids is 1. The van der Waals surface area contributed by atoms with Crippen LogP contribution in [0.3, 0.4) is 0 Å². The molecule has 1 rings (SSSR count). The van der Waals surface area contributed by atoms with Crippen LogP contribution in [0.1, 0.15) is 31.7 Å². The van der Waals surface area contributed by atoms with Gasteiger partial charge in [-0.25, -0.2) is 0 Å². The molecule has 0 bridgehead atoms. The molecule has 1 amide bonds. The van der Waals surface area contributed by atoms with Gasteiger partial charge in [0.1, 0.15) is 0 Å². The molecule has 4 heteroatoms. The molecule has 4 nitrogen and oxygen atoms in total. The number of aliphatic carboxylic acids is 1. The maximum Gasteiger partial charge on any atom is 0.303 e. The molecular formula is C14H15NO3. The van der Waals surface area contributed by atoms with Crippen LogP contribution in [-0.2, 0) is 9.59 Å². The van der Waals surface area contributed by atoms with Gasteiger partial charge in [-0.3, -0.25) is 9.59 Å². The van der Waals surface area contributed by atoms with Crippen LogP contribution in [0, 0.1) is 11.8 Å². The van der Waals surface area contributed by atoms with Gasteiger partial charge in [0.15, 0.2) is 0 Å². The summed E-state index contributed by atoms with van der Waals surface area (Å²) in [5.41, 5.74) is 1.58. The molecular weight excluding hydrogens is 230 g/mol. The second-order valence-electron chi connectivity index (χ2n) is 3.75. The summed E-state index contributed by atoms with van der Waals surface area (Å²) in [6.45, 7) is 1.76. The molecule has 18 heavy (non-hydrogen) atoms. The SMILES string of the molecule is CC#Cc1ccc(NC(=O)CCCC(=O)O)cc1. The molecule has 0 unspecified atom stereocenters. The van der Waals surface area contributed by atoms with Crippen LogP contribution in [0.15, 0.2) is 24.3 Å². The quantitative estimate of drug-likeness (QED) is 0.782. The zero-order chi connectivity index (χ0) is 13.4. The molecule has 0 aliphatic rings. The van der Waals surface area contributed by atoms with Crippen molar-refractivity contribution in [2.75, 3.05) is 5.32 Å². The van der Waals surface area contributed by atoms with E-state index in [4.69, 9.17) is 5.11 Å². The lowest BCUT2D eigenvalue weighted by atomic mass is 10.2. The molecule has 0 heterocycles. The van der Waals surface area contributed by atoms with Crippen molar-refractivity contribution >= 4 is 17.6 Å². The zero-order valence-electron chi connectivity index (χ0n) is 10.2. The Morgan fingerprint density at radius 3 is 2.44 bits per heavy atom. The third-order valence-electron chi connectivity index (χ3n) is 2.23. The van der Waals surface area contributed by atoms with Gasteiger partial charge in [-0.15, -0.1) is 5.92 Å². The van der Waals surface area contributed by atoms with Gasteiger partial charge in [-0.1, -0.05) is 5.92 Å².